The Kier molecular flexibility index (Phi) is 3.83. The van der Waals surface area contributed by atoms with Gasteiger partial charge in [-0.1, -0.05) is 25.1 Å². The van der Waals surface area contributed by atoms with Gasteiger partial charge in [0.15, 0.2) is 0 Å². The van der Waals surface area contributed by atoms with Crippen LogP contribution in [0.25, 0.3) is 0 Å². The molecule has 19 heavy (non-hydrogen) atoms. The number of nitrogens with zero attached hydrogens (tertiary/aromatic N) is 1. The molecule has 1 heterocycles. The van der Waals surface area contributed by atoms with Crippen LogP contribution < -0.4 is 10.2 Å². The van der Waals surface area contributed by atoms with E-state index in [0.29, 0.717) is 12.6 Å². The second kappa shape index (κ2) is 5.24. The van der Waals surface area contributed by atoms with Crippen LogP contribution in [0.2, 0.25) is 0 Å². The molecule has 1 atom stereocenters. The number of nitrogens with one attached hydrogen (secondary N) is 1. The van der Waals surface area contributed by atoms with Gasteiger partial charge in [-0.05, 0) is 45.2 Å². The molecule has 0 radical (unpaired) electrons. The third kappa shape index (κ3) is 3.09. The number of fused-ring (bicyclic) bond motifs is 1. The largest absolute Gasteiger partial charge is 0.359 e. The summed E-state index contributed by atoms with van der Waals surface area (Å²) >= 11 is 0. The minimum Gasteiger partial charge on any atom is -0.359 e. The van der Waals surface area contributed by atoms with Crippen molar-refractivity contribution in [3.05, 3.63) is 29.8 Å². The average Bonchev–Trinajstić information content (AvgIpc) is 2.66. The Morgan fingerprint density at radius 2 is 2.11 bits per heavy atom. The van der Waals surface area contributed by atoms with Crippen molar-refractivity contribution in [3.63, 3.8) is 0 Å². The van der Waals surface area contributed by atoms with E-state index in [9.17, 15) is 4.79 Å². The van der Waals surface area contributed by atoms with E-state index in [1.54, 1.807) is 0 Å². The molecule has 1 aromatic carbocycles. The van der Waals surface area contributed by atoms with Gasteiger partial charge in [-0.25, -0.2) is 0 Å². The molecule has 1 aromatic rings. The molecule has 104 valence electrons. The molecule has 0 aromatic heterocycles. The predicted octanol–water partition coefficient (Wildman–Crippen LogP) is 2.74. The van der Waals surface area contributed by atoms with Gasteiger partial charge in [-0.2, -0.15) is 0 Å². The van der Waals surface area contributed by atoms with E-state index >= 15 is 0 Å². The number of rotatable bonds is 4. The van der Waals surface area contributed by atoms with Crippen LogP contribution in [-0.4, -0.2) is 24.0 Å². The van der Waals surface area contributed by atoms with E-state index in [2.05, 4.69) is 56.1 Å². The van der Waals surface area contributed by atoms with E-state index in [4.69, 9.17) is 0 Å². The van der Waals surface area contributed by atoms with Crippen molar-refractivity contribution in [1.82, 2.24) is 5.32 Å². The van der Waals surface area contributed by atoms with Crippen LogP contribution in [0.1, 0.15) is 39.7 Å². The van der Waals surface area contributed by atoms with Gasteiger partial charge in [0.25, 0.3) is 0 Å². The lowest BCUT2D eigenvalue weighted by Gasteiger charge is -2.29. The first kappa shape index (κ1) is 13.9. The molecule has 0 bridgehead atoms. The zero-order valence-corrected chi connectivity index (χ0v) is 12.4. The lowest BCUT2D eigenvalue weighted by Crippen LogP contribution is -2.48. The van der Waals surface area contributed by atoms with Crippen molar-refractivity contribution >= 4 is 11.6 Å². The summed E-state index contributed by atoms with van der Waals surface area (Å²) in [5.41, 5.74) is 2.43. The molecule has 1 aliphatic heterocycles. The van der Waals surface area contributed by atoms with Crippen LogP contribution in [0.3, 0.4) is 0 Å². The number of carbonyl (C=O) groups is 1. The van der Waals surface area contributed by atoms with Gasteiger partial charge in [0.2, 0.25) is 5.91 Å². The third-order valence-corrected chi connectivity index (χ3v) is 4.02. The lowest BCUT2D eigenvalue weighted by atomic mass is 10.0. The van der Waals surface area contributed by atoms with Gasteiger partial charge >= 0.3 is 0 Å². The molecule has 0 saturated carbocycles. The Labute approximate surface area is 116 Å². The topological polar surface area (TPSA) is 32.3 Å². The minimum atomic E-state index is -0.125. The van der Waals surface area contributed by atoms with Crippen molar-refractivity contribution in [2.24, 2.45) is 0 Å². The van der Waals surface area contributed by atoms with Crippen LogP contribution >= 0.6 is 0 Å². The second-order valence-corrected chi connectivity index (χ2v) is 6.10. The molecule has 1 N–H and O–H groups in total. The van der Waals surface area contributed by atoms with Crippen molar-refractivity contribution in [2.45, 2.75) is 52.1 Å². The normalized spacial score (nSPS) is 18.3. The molecule has 0 spiro atoms. The highest BCUT2D eigenvalue weighted by Crippen LogP contribution is 2.31. The van der Waals surface area contributed by atoms with Gasteiger partial charge in [-0.3, -0.25) is 4.79 Å². The molecule has 3 nitrogen and oxygen atoms in total. The summed E-state index contributed by atoms with van der Waals surface area (Å²) in [4.78, 5) is 14.4. The smallest absolute Gasteiger partial charge is 0.239 e. The van der Waals surface area contributed by atoms with Crippen molar-refractivity contribution in [3.8, 4) is 0 Å². The van der Waals surface area contributed by atoms with E-state index in [1.165, 1.54) is 11.3 Å². The lowest BCUT2D eigenvalue weighted by molar-refractivity contribution is -0.121. The number of hydrogen-bond donors (Lipinski definition) is 1. The van der Waals surface area contributed by atoms with Crippen LogP contribution in [0.4, 0.5) is 5.69 Å². The van der Waals surface area contributed by atoms with E-state index in [0.717, 1.165) is 12.8 Å². The molecule has 1 unspecified atom stereocenters. The van der Waals surface area contributed by atoms with Crippen molar-refractivity contribution in [2.75, 3.05) is 11.4 Å². The first-order chi connectivity index (χ1) is 8.93. The van der Waals surface area contributed by atoms with E-state index in [1.807, 2.05) is 6.07 Å². The van der Waals surface area contributed by atoms with Crippen molar-refractivity contribution in [1.29, 1.82) is 0 Å². The molecule has 2 rings (SSSR count). The number of para-hydroxylation sites is 1. The van der Waals surface area contributed by atoms with Gasteiger partial charge in [0.05, 0.1) is 6.54 Å². The monoisotopic (exact) mass is 260 g/mol. The van der Waals surface area contributed by atoms with E-state index in [-0.39, 0.29) is 11.4 Å². The fourth-order valence-corrected chi connectivity index (χ4v) is 2.53. The summed E-state index contributed by atoms with van der Waals surface area (Å²) in [7, 11) is 0. The Hall–Kier alpha value is -1.51. The maximum Gasteiger partial charge on any atom is 0.239 e. The van der Waals surface area contributed by atoms with Gasteiger partial charge in [-0.15, -0.1) is 0 Å². The number of hydrogen-bond acceptors (Lipinski definition) is 2. The van der Waals surface area contributed by atoms with Crippen LogP contribution in [0.5, 0.6) is 0 Å². The Balaban J connectivity index is 2.06. The summed E-state index contributed by atoms with van der Waals surface area (Å²) in [6.45, 7) is 8.84. The van der Waals surface area contributed by atoms with Gasteiger partial charge < -0.3 is 10.2 Å². The maximum absolute atomic E-state index is 12.2. The van der Waals surface area contributed by atoms with Crippen molar-refractivity contribution < 1.29 is 4.79 Å². The quantitative estimate of drug-likeness (QED) is 0.903. The number of amides is 1. The predicted molar refractivity (Wildman–Crippen MR) is 79.5 cm³/mol. The van der Waals surface area contributed by atoms with Crippen LogP contribution in [0.15, 0.2) is 24.3 Å². The fraction of sp³-hybridized carbons (Fsp3) is 0.562. The molecule has 0 saturated heterocycles. The summed E-state index contributed by atoms with van der Waals surface area (Å²) in [6, 6.07) is 8.76. The molecular weight excluding hydrogens is 236 g/mol. The van der Waals surface area contributed by atoms with E-state index < -0.39 is 0 Å². The zero-order valence-electron chi connectivity index (χ0n) is 12.4. The van der Waals surface area contributed by atoms with Gasteiger partial charge in [0, 0.05) is 17.3 Å². The molecule has 0 aliphatic carbocycles. The Morgan fingerprint density at radius 3 is 2.79 bits per heavy atom. The standard InChI is InChI=1S/C16H24N2O/c1-5-16(3,4)17-15(19)11-18-12(2)10-13-8-6-7-9-14(13)18/h6-9,12H,5,10-11H2,1-4H3,(H,17,19). The molecule has 0 fully saturated rings. The summed E-state index contributed by atoms with van der Waals surface area (Å²) < 4.78 is 0. The first-order valence-electron chi connectivity index (χ1n) is 7.08. The Morgan fingerprint density at radius 1 is 1.42 bits per heavy atom. The summed E-state index contributed by atoms with van der Waals surface area (Å²) in [5.74, 6) is 0.107. The SMILES string of the molecule is CCC(C)(C)NC(=O)CN1c2ccccc2CC1C. The highest BCUT2D eigenvalue weighted by Gasteiger charge is 2.28. The molecular formula is C16H24N2O. The molecule has 3 heteroatoms. The highest BCUT2D eigenvalue weighted by atomic mass is 16.2. The molecule has 1 aliphatic rings. The minimum absolute atomic E-state index is 0.107. The zero-order chi connectivity index (χ0) is 14.0. The Bertz CT molecular complexity index is 468. The first-order valence-corrected chi connectivity index (χ1v) is 7.08. The van der Waals surface area contributed by atoms with Crippen LogP contribution in [-0.2, 0) is 11.2 Å². The number of carbonyl (C=O) groups excluding carboxylic acids is 1. The number of benzene rings is 1. The third-order valence-electron chi connectivity index (χ3n) is 4.02. The summed E-state index contributed by atoms with van der Waals surface area (Å²) in [6.07, 6.45) is 1.96. The van der Waals surface area contributed by atoms with Crippen LogP contribution in [0, 0.1) is 0 Å². The second-order valence-electron chi connectivity index (χ2n) is 6.10. The highest BCUT2D eigenvalue weighted by molar-refractivity contribution is 5.83. The maximum atomic E-state index is 12.2. The molecule has 1 amide bonds. The van der Waals surface area contributed by atoms with Gasteiger partial charge in [0.1, 0.15) is 0 Å². The average molecular weight is 260 g/mol. The number of anilines is 1. The summed E-state index contributed by atoms with van der Waals surface area (Å²) in [5, 5.41) is 3.10. The fourth-order valence-electron chi connectivity index (χ4n) is 2.53.